The second-order valence-electron chi connectivity index (χ2n) is 3.95. The molecule has 0 amide bonds. The second-order valence-corrected chi connectivity index (χ2v) is 3.95. The van der Waals surface area contributed by atoms with Gasteiger partial charge >= 0.3 is 0 Å². The van der Waals surface area contributed by atoms with E-state index in [9.17, 15) is 0 Å². The molecule has 0 aliphatic carbocycles. The van der Waals surface area contributed by atoms with Gasteiger partial charge in [0.05, 0.1) is 6.54 Å². The smallest absolute Gasteiger partial charge is 0.127 e. The summed E-state index contributed by atoms with van der Waals surface area (Å²) < 4.78 is 1.91. The normalized spacial score (nSPS) is 12.1. The number of hydrogen-bond donors (Lipinski definition) is 2. The summed E-state index contributed by atoms with van der Waals surface area (Å²) in [7, 11) is 1.86. The van der Waals surface area contributed by atoms with Crippen molar-refractivity contribution in [2.75, 3.05) is 17.7 Å². The van der Waals surface area contributed by atoms with Gasteiger partial charge in [0.2, 0.25) is 0 Å². The molecule has 2 aromatic heterocycles. The highest BCUT2D eigenvalue weighted by Crippen LogP contribution is 2.12. The molecule has 5 heteroatoms. The van der Waals surface area contributed by atoms with E-state index in [1.165, 1.54) is 0 Å². The van der Waals surface area contributed by atoms with Crippen LogP contribution in [0.15, 0.2) is 36.8 Å². The zero-order valence-electron chi connectivity index (χ0n) is 10.1. The van der Waals surface area contributed by atoms with Crippen molar-refractivity contribution in [2.24, 2.45) is 0 Å². The van der Waals surface area contributed by atoms with Gasteiger partial charge in [0.1, 0.15) is 5.82 Å². The van der Waals surface area contributed by atoms with Gasteiger partial charge in [-0.2, -0.15) is 5.10 Å². The quantitative estimate of drug-likeness (QED) is 0.824. The van der Waals surface area contributed by atoms with Gasteiger partial charge in [0.25, 0.3) is 0 Å². The van der Waals surface area contributed by atoms with E-state index in [1.54, 1.807) is 12.4 Å². The third-order valence-corrected chi connectivity index (χ3v) is 2.45. The standard InChI is InChI=1S/C12H17N5/c1-10(9-17-7-3-5-15-17)16-11-4-6-14-12(8-11)13-2/h3-8,10H,9H2,1-2H3,(H2,13,14,16). The van der Waals surface area contributed by atoms with E-state index in [-0.39, 0.29) is 0 Å². The molecule has 0 bridgehead atoms. The molecule has 2 N–H and O–H groups in total. The maximum atomic E-state index is 4.18. The topological polar surface area (TPSA) is 54.8 Å². The van der Waals surface area contributed by atoms with Crippen molar-refractivity contribution in [2.45, 2.75) is 19.5 Å². The molecular weight excluding hydrogens is 214 g/mol. The van der Waals surface area contributed by atoms with Gasteiger partial charge in [0, 0.05) is 43.4 Å². The van der Waals surface area contributed by atoms with Crippen LogP contribution >= 0.6 is 0 Å². The predicted molar refractivity (Wildman–Crippen MR) is 69.1 cm³/mol. The first-order chi connectivity index (χ1) is 8.28. The van der Waals surface area contributed by atoms with Crippen molar-refractivity contribution in [3.05, 3.63) is 36.8 Å². The largest absolute Gasteiger partial charge is 0.381 e. The molecule has 0 spiro atoms. The van der Waals surface area contributed by atoms with Crippen molar-refractivity contribution in [3.63, 3.8) is 0 Å². The van der Waals surface area contributed by atoms with Gasteiger partial charge < -0.3 is 10.6 Å². The number of nitrogens with one attached hydrogen (secondary N) is 2. The number of pyridine rings is 1. The molecule has 0 radical (unpaired) electrons. The highest BCUT2D eigenvalue weighted by molar-refractivity contribution is 5.51. The van der Waals surface area contributed by atoms with E-state index in [0.717, 1.165) is 18.1 Å². The fourth-order valence-electron chi connectivity index (χ4n) is 1.68. The Labute approximate surface area is 101 Å². The Morgan fingerprint density at radius 2 is 2.29 bits per heavy atom. The number of hydrogen-bond acceptors (Lipinski definition) is 4. The average molecular weight is 231 g/mol. The zero-order chi connectivity index (χ0) is 12.1. The third kappa shape index (κ3) is 3.21. The highest BCUT2D eigenvalue weighted by atomic mass is 15.3. The molecule has 2 aromatic rings. The van der Waals surface area contributed by atoms with Gasteiger partial charge in [-0.1, -0.05) is 0 Å². The van der Waals surface area contributed by atoms with E-state index < -0.39 is 0 Å². The number of nitrogens with zero attached hydrogens (tertiary/aromatic N) is 3. The van der Waals surface area contributed by atoms with Crippen LogP contribution in [0.4, 0.5) is 11.5 Å². The predicted octanol–water partition coefficient (Wildman–Crippen LogP) is 1.82. The molecule has 0 saturated heterocycles. The van der Waals surface area contributed by atoms with Crippen LogP contribution in [-0.2, 0) is 6.54 Å². The van der Waals surface area contributed by atoms with Crippen molar-refractivity contribution < 1.29 is 0 Å². The van der Waals surface area contributed by atoms with Crippen molar-refractivity contribution in [1.82, 2.24) is 14.8 Å². The molecule has 2 rings (SSSR count). The van der Waals surface area contributed by atoms with Crippen LogP contribution in [0.3, 0.4) is 0 Å². The molecule has 0 aliphatic heterocycles. The van der Waals surface area contributed by atoms with Gasteiger partial charge in [-0.3, -0.25) is 4.68 Å². The summed E-state index contributed by atoms with van der Waals surface area (Å²) in [5.74, 6) is 0.862. The number of aromatic nitrogens is 3. The van der Waals surface area contributed by atoms with Crippen LogP contribution in [0, 0.1) is 0 Å². The van der Waals surface area contributed by atoms with E-state index >= 15 is 0 Å². The molecule has 90 valence electrons. The summed E-state index contributed by atoms with van der Waals surface area (Å²) >= 11 is 0. The summed E-state index contributed by atoms with van der Waals surface area (Å²) in [4.78, 5) is 4.17. The minimum atomic E-state index is 0.307. The van der Waals surface area contributed by atoms with Crippen molar-refractivity contribution in [1.29, 1.82) is 0 Å². The molecule has 0 aliphatic rings. The summed E-state index contributed by atoms with van der Waals surface area (Å²) in [6, 6.07) is 6.18. The van der Waals surface area contributed by atoms with Crippen LogP contribution in [0.2, 0.25) is 0 Å². The lowest BCUT2D eigenvalue weighted by Gasteiger charge is -2.15. The Morgan fingerprint density at radius 1 is 1.41 bits per heavy atom. The zero-order valence-corrected chi connectivity index (χ0v) is 10.1. The van der Waals surface area contributed by atoms with Crippen LogP contribution in [0.5, 0.6) is 0 Å². The maximum absolute atomic E-state index is 4.18. The Morgan fingerprint density at radius 3 is 3.00 bits per heavy atom. The fraction of sp³-hybridized carbons (Fsp3) is 0.333. The number of rotatable bonds is 5. The molecule has 2 heterocycles. The molecule has 17 heavy (non-hydrogen) atoms. The molecule has 0 fully saturated rings. The maximum Gasteiger partial charge on any atom is 0.127 e. The molecular formula is C12H17N5. The van der Waals surface area contributed by atoms with E-state index in [0.29, 0.717) is 6.04 Å². The minimum absolute atomic E-state index is 0.307. The van der Waals surface area contributed by atoms with Gasteiger partial charge in [-0.25, -0.2) is 4.98 Å². The van der Waals surface area contributed by atoms with Crippen LogP contribution in [0.25, 0.3) is 0 Å². The van der Waals surface area contributed by atoms with E-state index in [4.69, 9.17) is 0 Å². The lowest BCUT2D eigenvalue weighted by molar-refractivity contribution is 0.561. The SMILES string of the molecule is CNc1cc(NC(C)Cn2cccn2)ccn1. The van der Waals surface area contributed by atoms with Gasteiger partial charge in [-0.15, -0.1) is 0 Å². The van der Waals surface area contributed by atoms with Crippen LogP contribution in [0.1, 0.15) is 6.92 Å². The van der Waals surface area contributed by atoms with Crippen LogP contribution in [-0.4, -0.2) is 27.9 Å². The lowest BCUT2D eigenvalue weighted by atomic mass is 10.3. The average Bonchev–Trinajstić information content (AvgIpc) is 2.82. The summed E-state index contributed by atoms with van der Waals surface area (Å²) in [6.45, 7) is 2.96. The van der Waals surface area contributed by atoms with Crippen molar-refractivity contribution in [3.8, 4) is 0 Å². The molecule has 5 nitrogen and oxygen atoms in total. The first-order valence-corrected chi connectivity index (χ1v) is 5.65. The summed E-state index contributed by atoms with van der Waals surface area (Å²) in [5, 5.41) is 10.6. The Hall–Kier alpha value is -2.04. The summed E-state index contributed by atoms with van der Waals surface area (Å²) in [6.07, 6.45) is 5.54. The van der Waals surface area contributed by atoms with Crippen LogP contribution < -0.4 is 10.6 Å². The number of anilines is 2. The van der Waals surface area contributed by atoms with Gasteiger partial charge in [-0.05, 0) is 19.1 Å². The Bertz CT molecular complexity index is 452. The molecule has 0 aromatic carbocycles. The lowest BCUT2D eigenvalue weighted by Crippen LogP contribution is -2.22. The first kappa shape index (κ1) is 11.4. The fourth-order valence-corrected chi connectivity index (χ4v) is 1.68. The van der Waals surface area contributed by atoms with Gasteiger partial charge in [0.15, 0.2) is 0 Å². The van der Waals surface area contributed by atoms with E-state index in [1.807, 2.05) is 36.1 Å². The monoisotopic (exact) mass is 231 g/mol. The Balaban J connectivity index is 1.95. The summed E-state index contributed by atoms with van der Waals surface area (Å²) in [5.41, 5.74) is 1.06. The van der Waals surface area contributed by atoms with E-state index in [2.05, 4.69) is 27.6 Å². The second kappa shape index (κ2) is 5.34. The Kier molecular flexibility index (Phi) is 3.59. The molecule has 0 saturated carbocycles. The molecule has 1 unspecified atom stereocenters. The highest BCUT2D eigenvalue weighted by Gasteiger charge is 2.03. The van der Waals surface area contributed by atoms with Crippen molar-refractivity contribution >= 4 is 11.5 Å². The molecule has 1 atom stereocenters. The first-order valence-electron chi connectivity index (χ1n) is 5.65. The third-order valence-electron chi connectivity index (χ3n) is 2.45. The minimum Gasteiger partial charge on any atom is -0.381 e.